The maximum absolute atomic E-state index is 5.27. The first-order chi connectivity index (χ1) is 9.69. The second-order valence-corrected chi connectivity index (χ2v) is 6.08. The largest absolute Gasteiger partial charge is 0.360 e. The van der Waals surface area contributed by atoms with Gasteiger partial charge in [0.2, 0.25) is 0 Å². The van der Waals surface area contributed by atoms with Crippen LogP contribution in [0.15, 0.2) is 27.5 Å². The van der Waals surface area contributed by atoms with Crippen molar-refractivity contribution >= 4 is 15.9 Å². The summed E-state index contributed by atoms with van der Waals surface area (Å²) < 4.78 is 8.25. The van der Waals surface area contributed by atoms with E-state index >= 15 is 0 Å². The molecule has 0 radical (unpaired) electrons. The quantitative estimate of drug-likeness (QED) is 0.848. The van der Waals surface area contributed by atoms with E-state index in [0.717, 1.165) is 55.3 Å². The molecule has 7 heteroatoms. The minimum atomic E-state index is 0.848. The predicted octanol–water partition coefficient (Wildman–Crippen LogP) is 1.72. The molecule has 1 fully saturated rings. The van der Waals surface area contributed by atoms with Crippen molar-refractivity contribution in [3.8, 4) is 0 Å². The minimum absolute atomic E-state index is 0.848. The van der Waals surface area contributed by atoms with Crippen LogP contribution in [-0.2, 0) is 13.2 Å². The highest BCUT2D eigenvalue weighted by Crippen LogP contribution is 2.11. The summed E-state index contributed by atoms with van der Waals surface area (Å²) in [5.41, 5.74) is 0.947. The average Bonchev–Trinajstić information content (AvgIpc) is 3.01. The summed E-state index contributed by atoms with van der Waals surface area (Å²) in [5, 5.41) is 8.22. The highest BCUT2D eigenvalue weighted by molar-refractivity contribution is 9.10. The summed E-state index contributed by atoms with van der Waals surface area (Å²) >= 11 is 3.42. The van der Waals surface area contributed by atoms with Gasteiger partial charge < -0.3 is 4.52 Å². The van der Waals surface area contributed by atoms with Crippen molar-refractivity contribution in [3.05, 3.63) is 34.4 Å². The molecule has 0 saturated carbocycles. The molecule has 2 aromatic rings. The number of hydrogen-bond donors (Lipinski definition) is 0. The standard InChI is InChI=1S/C13H18BrN5O/c1-11-6-13(20-16-11)9-17-2-4-18(5-3-17)10-19-8-12(14)7-15-19/h6-8H,2-5,9-10H2,1H3. The fourth-order valence-electron chi connectivity index (χ4n) is 2.42. The van der Waals surface area contributed by atoms with Crippen LogP contribution >= 0.6 is 15.9 Å². The number of piperazine rings is 1. The van der Waals surface area contributed by atoms with Crippen molar-refractivity contribution in [2.24, 2.45) is 0 Å². The molecule has 3 rings (SSSR count). The average molecular weight is 340 g/mol. The molecule has 3 heterocycles. The monoisotopic (exact) mass is 339 g/mol. The fraction of sp³-hybridized carbons (Fsp3) is 0.538. The van der Waals surface area contributed by atoms with Gasteiger partial charge in [-0.25, -0.2) is 0 Å². The highest BCUT2D eigenvalue weighted by atomic mass is 79.9. The van der Waals surface area contributed by atoms with E-state index in [9.17, 15) is 0 Å². The first kappa shape index (κ1) is 13.8. The van der Waals surface area contributed by atoms with Crippen molar-refractivity contribution in [1.82, 2.24) is 24.7 Å². The van der Waals surface area contributed by atoms with Crippen LogP contribution < -0.4 is 0 Å². The zero-order chi connectivity index (χ0) is 13.9. The van der Waals surface area contributed by atoms with E-state index in [4.69, 9.17) is 4.52 Å². The lowest BCUT2D eigenvalue weighted by Gasteiger charge is -2.33. The molecule has 0 spiro atoms. The topological polar surface area (TPSA) is 50.3 Å². The molecule has 0 amide bonds. The Kier molecular flexibility index (Phi) is 4.18. The lowest BCUT2D eigenvalue weighted by molar-refractivity contribution is 0.0926. The molecule has 6 nitrogen and oxygen atoms in total. The Hall–Kier alpha value is -1.18. The van der Waals surface area contributed by atoms with Gasteiger partial charge in [0.1, 0.15) is 0 Å². The first-order valence-electron chi connectivity index (χ1n) is 6.74. The van der Waals surface area contributed by atoms with Gasteiger partial charge in [-0.2, -0.15) is 5.10 Å². The number of aryl methyl sites for hydroxylation is 1. The molecular weight excluding hydrogens is 322 g/mol. The molecule has 2 aromatic heterocycles. The summed E-state index contributed by atoms with van der Waals surface area (Å²) in [6.07, 6.45) is 3.83. The zero-order valence-corrected chi connectivity index (χ0v) is 13.1. The predicted molar refractivity (Wildman–Crippen MR) is 78.0 cm³/mol. The molecule has 108 valence electrons. The number of nitrogens with zero attached hydrogens (tertiary/aromatic N) is 5. The molecule has 20 heavy (non-hydrogen) atoms. The third-order valence-corrected chi connectivity index (χ3v) is 3.88. The summed E-state index contributed by atoms with van der Waals surface area (Å²) in [4.78, 5) is 4.80. The highest BCUT2D eigenvalue weighted by Gasteiger charge is 2.18. The molecule has 0 unspecified atom stereocenters. The van der Waals surface area contributed by atoms with E-state index in [2.05, 4.69) is 36.0 Å². The third kappa shape index (κ3) is 3.47. The van der Waals surface area contributed by atoms with Gasteiger partial charge >= 0.3 is 0 Å². The van der Waals surface area contributed by atoms with Gasteiger partial charge in [-0.1, -0.05) is 5.16 Å². The van der Waals surface area contributed by atoms with E-state index in [0.29, 0.717) is 0 Å². The summed E-state index contributed by atoms with van der Waals surface area (Å²) in [6.45, 7) is 7.83. The molecule has 0 N–H and O–H groups in total. The second kappa shape index (κ2) is 6.07. The molecule has 0 atom stereocenters. The van der Waals surface area contributed by atoms with Crippen molar-refractivity contribution in [2.75, 3.05) is 26.2 Å². The van der Waals surface area contributed by atoms with Crippen LogP contribution in [0.2, 0.25) is 0 Å². The smallest absolute Gasteiger partial charge is 0.150 e. The van der Waals surface area contributed by atoms with Gasteiger partial charge in [0.25, 0.3) is 0 Å². The van der Waals surface area contributed by atoms with E-state index in [1.54, 1.807) is 0 Å². The second-order valence-electron chi connectivity index (χ2n) is 5.17. The third-order valence-electron chi connectivity index (χ3n) is 3.47. The van der Waals surface area contributed by atoms with E-state index < -0.39 is 0 Å². The summed E-state index contributed by atoms with van der Waals surface area (Å²) in [5.74, 6) is 0.951. The fourth-order valence-corrected chi connectivity index (χ4v) is 2.75. The SMILES string of the molecule is Cc1cc(CN2CCN(Cn3cc(Br)cn3)CC2)on1. The van der Waals surface area contributed by atoms with Crippen LogP contribution in [0.4, 0.5) is 0 Å². The minimum Gasteiger partial charge on any atom is -0.360 e. The maximum atomic E-state index is 5.27. The number of rotatable bonds is 4. The molecule has 0 bridgehead atoms. The Morgan fingerprint density at radius 1 is 1.25 bits per heavy atom. The lowest BCUT2D eigenvalue weighted by Crippen LogP contribution is -2.46. The van der Waals surface area contributed by atoms with E-state index in [-0.39, 0.29) is 0 Å². The normalized spacial score (nSPS) is 17.7. The Morgan fingerprint density at radius 2 is 2.00 bits per heavy atom. The van der Waals surface area contributed by atoms with Crippen LogP contribution in [0.5, 0.6) is 0 Å². The van der Waals surface area contributed by atoms with Crippen LogP contribution in [0, 0.1) is 6.92 Å². The molecule has 0 aromatic carbocycles. The number of aromatic nitrogens is 3. The van der Waals surface area contributed by atoms with Gasteiger partial charge in [-0.15, -0.1) is 0 Å². The van der Waals surface area contributed by atoms with Gasteiger partial charge in [-0.3, -0.25) is 14.5 Å². The first-order valence-corrected chi connectivity index (χ1v) is 7.53. The Balaban J connectivity index is 1.47. The molecule has 1 aliphatic rings. The Morgan fingerprint density at radius 3 is 2.60 bits per heavy atom. The van der Waals surface area contributed by atoms with Crippen LogP contribution in [0.3, 0.4) is 0 Å². The number of hydrogen-bond acceptors (Lipinski definition) is 5. The van der Waals surface area contributed by atoms with Gasteiger partial charge in [0.15, 0.2) is 5.76 Å². The Bertz CT molecular complexity index is 508. The number of halogens is 1. The van der Waals surface area contributed by atoms with Gasteiger partial charge in [0, 0.05) is 38.4 Å². The van der Waals surface area contributed by atoms with Gasteiger partial charge in [0.05, 0.1) is 29.6 Å². The zero-order valence-electron chi connectivity index (χ0n) is 11.5. The van der Waals surface area contributed by atoms with E-state index in [1.165, 1.54) is 0 Å². The van der Waals surface area contributed by atoms with Crippen LogP contribution in [0.1, 0.15) is 11.5 Å². The van der Waals surface area contributed by atoms with Gasteiger partial charge in [-0.05, 0) is 22.9 Å². The van der Waals surface area contributed by atoms with Crippen molar-refractivity contribution in [1.29, 1.82) is 0 Å². The van der Waals surface area contributed by atoms with Crippen molar-refractivity contribution in [2.45, 2.75) is 20.1 Å². The molecule has 0 aliphatic carbocycles. The molecule has 1 saturated heterocycles. The van der Waals surface area contributed by atoms with Crippen LogP contribution in [0.25, 0.3) is 0 Å². The van der Waals surface area contributed by atoms with Crippen LogP contribution in [-0.4, -0.2) is 50.9 Å². The summed E-state index contributed by atoms with van der Waals surface area (Å²) in [6, 6.07) is 2.01. The molecule has 1 aliphatic heterocycles. The maximum Gasteiger partial charge on any atom is 0.150 e. The molecular formula is C13H18BrN5O. The lowest BCUT2D eigenvalue weighted by atomic mass is 10.3. The van der Waals surface area contributed by atoms with Crippen molar-refractivity contribution in [3.63, 3.8) is 0 Å². The Labute approximate surface area is 126 Å². The summed E-state index contributed by atoms with van der Waals surface area (Å²) in [7, 11) is 0. The van der Waals surface area contributed by atoms with Crippen molar-refractivity contribution < 1.29 is 4.52 Å². The van der Waals surface area contributed by atoms with E-state index in [1.807, 2.05) is 30.1 Å².